The first kappa shape index (κ1) is 15.0. The van der Waals surface area contributed by atoms with Crippen LogP contribution in [0.2, 0.25) is 5.02 Å². The summed E-state index contributed by atoms with van der Waals surface area (Å²) in [7, 11) is 0. The lowest BCUT2D eigenvalue weighted by Crippen LogP contribution is -2.39. The number of carboxylic acids is 1. The molecule has 6 heteroatoms. The zero-order chi connectivity index (χ0) is 15.9. The van der Waals surface area contributed by atoms with Gasteiger partial charge in [0.2, 0.25) is 5.91 Å². The lowest BCUT2D eigenvalue weighted by molar-refractivity contribution is -0.147. The summed E-state index contributed by atoms with van der Waals surface area (Å²) in [4.78, 5) is 23.7. The second-order valence-corrected chi connectivity index (χ2v) is 6.21. The van der Waals surface area contributed by atoms with E-state index in [4.69, 9.17) is 11.6 Å². The Labute approximate surface area is 132 Å². The number of carboxylic acid groups (broad SMARTS) is 1. The molecule has 0 spiro atoms. The number of fused-ring (bicyclic) bond motifs is 2. The van der Waals surface area contributed by atoms with E-state index in [-0.39, 0.29) is 29.3 Å². The molecule has 1 saturated carbocycles. The minimum absolute atomic E-state index is 0.00184. The number of carbonyl (C=O) groups is 2. The van der Waals surface area contributed by atoms with Crippen LogP contribution in [0.5, 0.6) is 0 Å². The van der Waals surface area contributed by atoms with Gasteiger partial charge in [0.1, 0.15) is 5.82 Å². The first-order chi connectivity index (χ1) is 10.5. The molecule has 1 fully saturated rings. The first-order valence-corrected chi connectivity index (χ1v) is 7.48. The Bertz CT molecular complexity index is 661. The van der Waals surface area contributed by atoms with Crippen LogP contribution >= 0.6 is 11.6 Å². The molecule has 4 atom stereocenters. The molecular formula is C16H15ClFNO3. The van der Waals surface area contributed by atoms with Crippen molar-refractivity contribution in [1.82, 2.24) is 5.32 Å². The number of carbonyl (C=O) groups excluding carboxylic acids is 1. The summed E-state index contributed by atoms with van der Waals surface area (Å²) >= 11 is 5.70. The molecular weight excluding hydrogens is 309 g/mol. The molecule has 4 unspecified atom stereocenters. The third kappa shape index (κ3) is 2.61. The van der Waals surface area contributed by atoms with Crippen LogP contribution in [0.25, 0.3) is 0 Å². The molecule has 22 heavy (non-hydrogen) atoms. The van der Waals surface area contributed by atoms with E-state index >= 15 is 0 Å². The van der Waals surface area contributed by atoms with Crippen molar-refractivity contribution in [1.29, 1.82) is 0 Å². The van der Waals surface area contributed by atoms with Gasteiger partial charge >= 0.3 is 5.97 Å². The lowest BCUT2D eigenvalue weighted by atomic mass is 9.82. The second-order valence-electron chi connectivity index (χ2n) is 5.80. The molecule has 1 amide bonds. The summed E-state index contributed by atoms with van der Waals surface area (Å²) < 4.78 is 13.1. The van der Waals surface area contributed by atoms with Crippen molar-refractivity contribution in [2.75, 3.05) is 0 Å². The minimum atomic E-state index is -0.929. The smallest absolute Gasteiger partial charge is 0.307 e. The minimum Gasteiger partial charge on any atom is -0.481 e. The molecule has 2 bridgehead atoms. The monoisotopic (exact) mass is 323 g/mol. The van der Waals surface area contributed by atoms with Gasteiger partial charge in [-0.3, -0.25) is 9.59 Å². The van der Waals surface area contributed by atoms with Crippen molar-refractivity contribution in [3.63, 3.8) is 0 Å². The lowest BCUT2D eigenvalue weighted by Gasteiger charge is -2.23. The maximum Gasteiger partial charge on any atom is 0.307 e. The maximum atomic E-state index is 13.1. The third-order valence-corrected chi connectivity index (χ3v) is 4.79. The Morgan fingerprint density at radius 3 is 2.59 bits per heavy atom. The predicted molar refractivity (Wildman–Crippen MR) is 78.6 cm³/mol. The normalized spacial score (nSPS) is 28.8. The number of hydrogen-bond acceptors (Lipinski definition) is 2. The zero-order valence-electron chi connectivity index (χ0n) is 11.6. The Hall–Kier alpha value is -1.88. The highest BCUT2D eigenvalue weighted by Gasteiger charge is 2.51. The summed E-state index contributed by atoms with van der Waals surface area (Å²) in [5.74, 6) is -2.98. The van der Waals surface area contributed by atoms with Gasteiger partial charge < -0.3 is 10.4 Å². The highest BCUT2D eigenvalue weighted by molar-refractivity contribution is 6.30. The van der Waals surface area contributed by atoms with Gasteiger partial charge in [0.05, 0.1) is 16.9 Å². The van der Waals surface area contributed by atoms with E-state index in [0.717, 1.165) is 6.42 Å². The SMILES string of the molecule is O=C(O)C1C2C=CC(C2)C1C(=O)NCc1ccc(F)c(Cl)c1. The molecule has 0 aromatic heterocycles. The summed E-state index contributed by atoms with van der Waals surface area (Å²) in [5.41, 5.74) is 0.672. The standard InChI is InChI=1S/C16H15ClFNO3/c17-11-5-8(1-4-12(11)18)7-19-15(20)13-9-2-3-10(6-9)14(13)16(21)22/h1-5,9-10,13-14H,6-7H2,(H,19,20)(H,21,22). The predicted octanol–water partition coefficient (Wildman–Crippen LogP) is 2.62. The number of halogens is 2. The summed E-state index contributed by atoms with van der Waals surface area (Å²) in [6.07, 6.45) is 4.55. The number of hydrogen-bond donors (Lipinski definition) is 2. The number of allylic oxidation sites excluding steroid dienone is 2. The van der Waals surface area contributed by atoms with E-state index in [1.54, 1.807) is 0 Å². The number of aliphatic carboxylic acids is 1. The molecule has 0 aliphatic heterocycles. The van der Waals surface area contributed by atoms with Gasteiger partial charge in [0.15, 0.2) is 0 Å². The van der Waals surface area contributed by atoms with Crippen molar-refractivity contribution >= 4 is 23.5 Å². The molecule has 0 saturated heterocycles. The van der Waals surface area contributed by atoms with Crippen LogP contribution in [-0.2, 0) is 16.1 Å². The molecule has 1 aromatic rings. The van der Waals surface area contributed by atoms with Gasteiger partial charge in [-0.05, 0) is 36.0 Å². The number of rotatable bonds is 4. The van der Waals surface area contributed by atoms with Crippen LogP contribution in [0.1, 0.15) is 12.0 Å². The highest BCUT2D eigenvalue weighted by atomic mass is 35.5. The van der Waals surface area contributed by atoms with Crippen LogP contribution in [0, 0.1) is 29.5 Å². The van der Waals surface area contributed by atoms with E-state index < -0.39 is 23.6 Å². The molecule has 0 radical (unpaired) electrons. The molecule has 116 valence electrons. The van der Waals surface area contributed by atoms with Gasteiger partial charge in [0.25, 0.3) is 0 Å². The Balaban J connectivity index is 1.68. The third-order valence-electron chi connectivity index (χ3n) is 4.50. The second kappa shape index (κ2) is 5.72. The van der Waals surface area contributed by atoms with E-state index in [2.05, 4.69) is 5.32 Å². The van der Waals surface area contributed by atoms with Crippen LogP contribution in [0.3, 0.4) is 0 Å². The fourth-order valence-electron chi connectivity index (χ4n) is 3.47. The average Bonchev–Trinajstić information content (AvgIpc) is 3.08. The fourth-order valence-corrected chi connectivity index (χ4v) is 3.68. The molecule has 2 aliphatic rings. The van der Waals surface area contributed by atoms with E-state index in [1.807, 2.05) is 12.2 Å². The van der Waals surface area contributed by atoms with Gasteiger partial charge in [-0.2, -0.15) is 0 Å². The summed E-state index contributed by atoms with van der Waals surface area (Å²) in [5, 5.41) is 12.1. The molecule has 3 rings (SSSR count). The van der Waals surface area contributed by atoms with Gasteiger partial charge in [-0.25, -0.2) is 4.39 Å². The van der Waals surface area contributed by atoms with Gasteiger partial charge in [-0.1, -0.05) is 29.8 Å². The van der Waals surface area contributed by atoms with Crippen LogP contribution in [-0.4, -0.2) is 17.0 Å². The highest BCUT2D eigenvalue weighted by Crippen LogP contribution is 2.48. The van der Waals surface area contributed by atoms with Crippen molar-refractivity contribution in [2.45, 2.75) is 13.0 Å². The van der Waals surface area contributed by atoms with Crippen LogP contribution in [0.4, 0.5) is 4.39 Å². The molecule has 4 nitrogen and oxygen atoms in total. The Morgan fingerprint density at radius 2 is 1.95 bits per heavy atom. The Morgan fingerprint density at radius 1 is 1.27 bits per heavy atom. The van der Waals surface area contributed by atoms with Crippen LogP contribution < -0.4 is 5.32 Å². The number of amides is 1. The zero-order valence-corrected chi connectivity index (χ0v) is 12.4. The van der Waals surface area contributed by atoms with Gasteiger partial charge in [0, 0.05) is 6.54 Å². The first-order valence-electron chi connectivity index (χ1n) is 7.10. The molecule has 1 aromatic carbocycles. The van der Waals surface area contributed by atoms with Crippen molar-refractivity contribution in [2.24, 2.45) is 23.7 Å². The number of nitrogens with one attached hydrogen (secondary N) is 1. The molecule has 2 aliphatic carbocycles. The van der Waals surface area contributed by atoms with Gasteiger partial charge in [-0.15, -0.1) is 0 Å². The van der Waals surface area contributed by atoms with E-state index in [0.29, 0.717) is 5.56 Å². The largest absolute Gasteiger partial charge is 0.481 e. The van der Waals surface area contributed by atoms with Crippen LogP contribution in [0.15, 0.2) is 30.4 Å². The van der Waals surface area contributed by atoms with Crippen molar-refractivity contribution in [3.8, 4) is 0 Å². The Kier molecular flexibility index (Phi) is 3.91. The topological polar surface area (TPSA) is 66.4 Å². The molecule has 0 heterocycles. The number of benzene rings is 1. The maximum absolute atomic E-state index is 13.1. The summed E-state index contributed by atoms with van der Waals surface area (Å²) in [6.45, 7) is 0.197. The van der Waals surface area contributed by atoms with E-state index in [9.17, 15) is 19.1 Å². The average molecular weight is 324 g/mol. The van der Waals surface area contributed by atoms with E-state index in [1.165, 1.54) is 18.2 Å². The fraction of sp³-hybridized carbons (Fsp3) is 0.375. The van der Waals surface area contributed by atoms with Crippen molar-refractivity contribution < 1.29 is 19.1 Å². The molecule has 2 N–H and O–H groups in total. The quantitative estimate of drug-likeness (QED) is 0.837. The summed E-state index contributed by atoms with van der Waals surface area (Å²) in [6, 6.07) is 4.23. The van der Waals surface area contributed by atoms with Crippen molar-refractivity contribution in [3.05, 3.63) is 46.8 Å².